The highest BCUT2D eigenvalue weighted by Gasteiger charge is 2.37. The SMILES string of the molecule is Cc1cc(C(=O)N2CCn3nc(C4CC4)nc3[C@@H]2CC(C)C)no1. The van der Waals surface area contributed by atoms with Gasteiger partial charge in [-0.15, -0.1) is 0 Å². The zero-order chi connectivity index (χ0) is 16.8. The van der Waals surface area contributed by atoms with E-state index in [4.69, 9.17) is 9.51 Å². The van der Waals surface area contributed by atoms with Crippen LogP contribution in [-0.2, 0) is 6.54 Å². The van der Waals surface area contributed by atoms with Gasteiger partial charge in [0, 0.05) is 18.5 Å². The summed E-state index contributed by atoms with van der Waals surface area (Å²) in [5.74, 6) is 3.41. The van der Waals surface area contributed by atoms with Crippen molar-refractivity contribution in [2.75, 3.05) is 6.54 Å². The summed E-state index contributed by atoms with van der Waals surface area (Å²) in [4.78, 5) is 19.6. The average Bonchev–Trinajstić information content (AvgIpc) is 3.15. The number of rotatable bonds is 4. The lowest BCUT2D eigenvalue weighted by Gasteiger charge is -2.35. The smallest absolute Gasteiger partial charge is 0.276 e. The monoisotopic (exact) mass is 329 g/mol. The van der Waals surface area contributed by atoms with Crippen molar-refractivity contribution in [2.24, 2.45) is 5.92 Å². The Bertz CT molecular complexity index is 759. The third-order valence-electron chi connectivity index (χ3n) is 4.69. The van der Waals surface area contributed by atoms with E-state index in [2.05, 4.69) is 24.1 Å². The molecule has 0 N–H and O–H groups in total. The van der Waals surface area contributed by atoms with Gasteiger partial charge in [0.25, 0.3) is 5.91 Å². The van der Waals surface area contributed by atoms with Gasteiger partial charge in [0.2, 0.25) is 0 Å². The normalized spacial score (nSPS) is 20.5. The molecular formula is C17H23N5O2. The molecule has 7 nitrogen and oxygen atoms in total. The van der Waals surface area contributed by atoms with Gasteiger partial charge in [-0.05, 0) is 32.1 Å². The highest BCUT2D eigenvalue weighted by molar-refractivity contribution is 5.92. The highest BCUT2D eigenvalue weighted by Crippen LogP contribution is 2.40. The van der Waals surface area contributed by atoms with Gasteiger partial charge in [-0.25, -0.2) is 9.67 Å². The molecule has 2 aromatic heterocycles. The Balaban J connectivity index is 1.66. The molecular weight excluding hydrogens is 306 g/mol. The Morgan fingerprint density at radius 3 is 2.79 bits per heavy atom. The number of carbonyl (C=O) groups is 1. The van der Waals surface area contributed by atoms with Gasteiger partial charge in [0.15, 0.2) is 11.5 Å². The summed E-state index contributed by atoms with van der Waals surface area (Å²) in [5.41, 5.74) is 0.372. The van der Waals surface area contributed by atoms with E-state index >= 15 is 0 Å². The number of carbonyl (C=O) groups excluding carboxylic acids is 1. The maximum atomic E-state index is 12.9. The van der Waals surface area contributed by atoms with E-state index < -0.39 is 0 Å². The van der Waals surface area contributed by atoms with Crippen molar-refractivity contribution in [1.82, 2.24) is 24.8 Å². The summed E-state index contributed by atoms with van der Waals surface area (Å²) in [5, 5.41) is 8.57. The van der Waals surface area contributed by atoms with Crippen LogP contribution in [0.3, 0.4) is 0 Å². The van der Waals surface area contributed by atoms with Crippen LogP contribution in [0.5, 0.6) is 0 Å². The van der Waals surface area contributed by atoms with Gasteiger partial charge in [0.05, 0.1) is 12.6 Å². The van der Waals surface area contributed by atoms with Crippen LogP contribution in [0.25, 0.3) is 0 Å². The Morgan fingerprint density at radius 1 is 1.38 bits per heavy atom. The largest absolute Gasteiger partial charge is 0.361 e. The minimum absolute atomic E-state index is 0.0525. The first-order valence-electron chi connectivity index (χ1n) is 8.72. The number of fused-ring (bicyclic) bond motifs is 1. The molecule has 2 aromatic rings. The van der Waals surface area contributed by atoms with E-state index in [1.165, 1.54) is 12.8 Å². The molecule has 24 heavy (non-hydrogen) atoms. The Morgan fingerprint density at radius 2 is 2.17 bits per heavy atom. The Hall–Kier alpha value is -2.18. The molecule has 0 unspecified atom stereocenters. The first-order chi connectivity index (χ1) is 11.5. The van der Waals surface area contributed by atoms with Crippen molar-refractivity contribution in [3.8, 4) is 0 Å². The fourth-order valence-corrected chi connectivity index (χ4v) is 3.33. The topological polar surface area (TPSA) is 77.1 Å². The quantitative estimate of drug-likeness (QED) is 0.862. The van der Waals surface area contributed by atoms with Crippen molar-refractivity contribution in [1.29, 1.82) is 0 Å². The average molecular weight is 329 g/mol. The van der Waals surface area contributed by atoms with E-state index in [1.807, 2.05) is 9.58 Å². The fraction of sp³-hybridized carbons (Fsp3) is 0.647. The second kappa shape index (κ2) is 5.72. The lowest BCUT2D eigenvalue weighted by atomic mass is 10.00. The molecule has 0 radical (unpaired) electrons. The molecule has 1 saturated carbocycles. The van der Waals surface area contributed by atoms with Crippen LogP contribution in [0.15, 0.2) is 10.6 Å². The summed E-state index contributed by atoms with van der Waals surface area (Å²) in [6, 6.07) is 1.65. The van der Waals surface area contributed by atoms with E-state index in [9.17, 15) is 4.79 Å². The predicted molar refractivity (Wildman–Crippen MR) is 86.5 cm³/mol. The van der Waals surface area contributed by atoms with Crippen LogP contribution in [0.4, 0.5) is 0 Å². The van der Waals surface area contributed by atoms with Gasteiger partial charge in [-0.3, -0.25) is 4.79 Å². The summed E-state index contributed by atoms with van der Waals surface area (Å²) < 4.78 is 7.07. The van der Waals surface area contributed by atoms with Gasteiger partial charge in [-0.2, -0.15) is 5.10 Å². The minimum Gasteiger partial charge on any atom is -0.361 e. The zero-order valence-corrected chi connectivity index (χ0v) is 14.4. The van der Waals surface area contributed by atoms with E-state index in [0.717, 1.165) is 18.1 Å². The van der Waals surface area contributed by atoms with Crippen molar-refractivity contribution in [3.63, 3.8) is 0 Å². The molecule has 0 saturated heterocycles. The lowest BCUT2D eigenvalue weighted by Crippen LogP contribution is -2.43. The maximum absolute atomic E-state index is 12.9. The van der Waals surface area contributed by atoms with Crippen LogP contribution in [-0.4, -0.2) is 37.3 Å². The molecule has 0 spiro atoms. The molecule has 0 aromatic carbocycles. The van der Waals surface area contributed by atoms with E-state index in [0.29, 0.717) is 36.4 Å². The molecule has 4 rings (SSSR count). The van der Waals surface area contributed by atoms with Crippen molar-refractivity contribution < 1.29 is 9.32 Å². The van der Waals surface area contributed by atoms with Gasteiger partial charge >= 0.3 is 0 Å². The van der Waals surface area contributed by atoms with E-state index in [-0.39, 0.29) is 11.9 Å². The van der Waals surface area contributed by atoms with Gasteiger partial charge in [0.1, 0.15) is 11.6 Å². The third kappa shape index (κ3) is 2.72. The minimum atomic E-state index is -0.0836. The second-order valence-corrected chi connectivity index (χ2v) is 7.29. The molecule has 128 valence electrons. The molecule has 1 aliphatic heterocycles. The second-order valence-electron chi connectivity index (χ2n) is 7.29. The zero-order valence-electron chi connectivity index (χ0n) is 14.4. The Labute approximate surface area is 141 Å². The van der Waals surface area contributed by atoms with Crippen LogP contribution in [0.2, 0.25) is 0 Å². The fourth-order valence-electron chi connectivity index (χ4n) is 3.33. The number of aryl methyl sites for hydroxylation is 1. The van der Waals surface area contributed by atoms with Crippen LogP contribution in [0.1, 0.15) is 73.0 Å². The number of hydrogen-bond donors (Lipinski definition) is 0. The summed E-state index contributed by atoms with van der Waals surface area (Å²) in [6.45, 7) is 7.44. The number of aromatic nitrogens is 4. The first-order valence-corrected chi connectivity index (χ1v) is 8.72. The van der Waals surface area contributed by atoms with Gasteiger partial charge in [-0.1, -0.05) is 19.0 Å². The van der Waals surface area contributed by atoms with Crippen molar-refractivity contribution >= 4 is 5.91 Å². The lowest BCUT2D eigenvalue weighted by molar-refractivity contribution is 0.0568. The Kier molecular flexibility index (Phi) is 3.66. The molecule has 3 heterocycles. The molecule has 7 heteroatoms. The molecule has 1 aliphatic carbocycles. The van der Waals surface area contributed by atoms with Crippen molar-refractivity contribution in [3.05, 3.63) is 29.2 Å². The summed E-state index contributed by atoms with van der Waals surface area (Å²) >= 11 is 0. The molecule has 1 atom stereocenters. The van der Waals surface area contributed by atoms with E-state index in [1.54, 1.807) is 13.0 Å². The molecule has 2 aliphatic rings. The van der Waals surface area contributed by atoms with Crippen LogP contribution >= 0.6 is 0 Å². The third-order valence-corrected chi connectivity index (χ3v) is 4.69. The van der Waals surface area contributed by atoms with Crippen molar-refractivity contribution in [2.45, 2.75) is 58.5 Å². The summed E-state index contributed by atoms with van der Waals surface area (Å²) in [7, 11) is 0. The standard InChI is InChI=1S/C17H23N5O2/c1-10(2)8-14-16-18-15(12-4-5-12)19-22(16)7-6-21(14)17(23)13-9-11(3)24-20-13/h9-10,12,14H,4-8H2,1-3H3/t14-/m0/s1. The maximum Gasteiger partial charge on any atom is 0.276 e. The number of nitrogens with zero attached hydrogens (tertiary/aromatic N) is 5. The number of amides is 1. The molecule has 1 fully saturated rings. The van der Waals surface area contributed by atoms with Crippen LogP contribution < -0.4 is 0 Å². The van der Waals surface area contributed by atoms with Gasteiger partial charge < -0.3 is 9.42 Å². The molecule has 0 bridgehead atoms. The summed E-state index contributed by atoms with van der Waals surface area (Å²) in [6.07, 6.45) is 3.23. The molecule has 1 amide bonds. The first kappa shape index (κ1) is 15.4. The van der Waals surface area contributed by atoms with Crippen LogP contribution in [0, 0.1) is 12.8 Å². The predicted octanol–water partition coefficient (Wildman–Crippen LogP) is 2.70. The highest BCUT2D eigenvalue weighted by atomic mass is 16.5. The number of hydrogen-bond acceptors (Lipinski definition) is 5.